The predicted octanol–water partition coefficient (Wildman–Crippen LogP) is -0.454. The summed E-state index contributed by atoms with van der Waals surface area (Å²) in [6.07, 6.45) is 2.74. The molecule has 0 aromatic rings. The molecule has 2 rings (SSSR count). The number of hydrogen-bond donors (Lipinski definition) is 2. The van der Waals surface area contributed by atoms with Crippen LogP contribution in [0.3, 0.4) is 0 Å². The van der Waals surface area contributed by atoms with E-state index < -0.39 is 0 Å². The summed E-state index contributed by atoms with van der Waals surface area (Å²) in [6, 6.07) is 0. The van der Waals surface area contributed by atoms with E-state index in [1.54, 1.807) is 0 Å². The molecule has 2 heterocycles. The molecular formula is C10H19N3O. The zero-order valence-electron chi connectivity index (χ0n) is 8.75. The molecule has 1 amide bonds. The van der Waals surface area contributed by atoms with Gasteiger partial charge < -0.3 is 16.0 Å². The van der Waals surface area contributed by atoms with E-state index in [2.05, 4.69) is 10.2 Å². The maximum Gasteiger partial charge on any atom is 0.219 e. The Labute approximate surface area is 84.8 Å². The van der Waals surface area contributed by atoms with E-state index in [9.17, 15) is 4.79 Å². The van der Waals surface area contributed by atoms with Crippen LogP contribution in [-0.2, 0) is 4.79 Å². The number of carbonyl (C=O) groups is 1. The molecule has 2 aliphatic heterocycles. The Morgan fingerprint density at radius 1 is 1.64 bits per heavy atom. The number of rotatable bonds is 3. The van der Waals surface area contributed by atoms with Crippen molar-refractivity contribution < 1.29 is 4.79 Å². The zero-order valence-corrected chi connectivity index (χ0v) is 8.75. The molecule has 2 bridgehead atoms. The summed E-state index contributed by atoms with van der Waals surface area (Å²) in [6.45, 7) is 3.42. The minimum absolute atomic E-state index is 0.0150. The molecule has 80 valence electrons. The van der Waals surface area contributed by atoms with E-state index in [-0.39, 0.29) is 11.4 Å². The lowest BCUT2D eigenvalue weighted by atomic mass is 9.76. The summed E-state index contributed by atoms with van der Waals surface area (Å²) in [5.74, 6) is 0.424. The van der Waals surface area contributed by atoms with Crippen molar-refractivity contribution in [1.82, 2.24) is 10.2 Å². The second-order valence-electron chi connectivity index (χ2n) is 4.59. The third-order valence-corrected chi connectivity index (χ3v) is 3.92. The van der Waals surface area contributed by atoms with E-state index in [1.165, 1.54) is 13.0 Å². The third kappa shape index (κ3) is 1.53. The van der Waals surface area contributed by atoms with Gasteiger partial charge in [-0.3, -0.25) is 4.79 Å². The Kier molecular flexibility index (Phi) is 2.49. The van der Waals surface area contributed by atoms with Crippen LogP contribution in [-0.4, -0.2) is 43.0 Å². The lowest BCUT2D eigenvalue weighted by Crippen LogP contribution is -2.56. The number of piperidine rings is 1. The minimum Gasteiger partial charge on any atom is -0.370 e. The highest BCUT2D eigenvalue weighted by molar-refractivity contribution is 5.75. The number of carbonyl (C=O) groups excluding carboxylic acids is 1. The van der Waals surface area contributed by atoms with Crippen LogP contribution in [0.15, 0.2) is 0 Å². The maximum atomic E-state index is 11.1. The van der Waals surface area contributed by atoms with Crippen molar-refractivity contribution >= 4 is 5.91 Å². The highest BCUT2D eigenvalue weighted by Gasteiger charge is 2.45. The summed E-state index contributed by atoms with van der Waals surface area (Å²) in [4.78, 5) is 13.5. The number of primary amides is 1. The SMILES string of the molecule is CNC1(CC(N)=O)CCN2CCC1C2. The van der Waals surface area contributed by atoms with Gasteiger partial charge in [0.15, 0.2) is 0 Å². The number of nitrogens with zero attached hydrogens (tertiary/aromatic N) is 1. The topological polar surface area (TPSA) is 58.4 Å². The molecule has 3 N–H and O–H groups in total. The first-order valence-electron chi connectivity index (χ1n) is 5.36. The van der Waals surface area contributed by atoms with Gasteiger partial charge in [-0.05, 0) is 38.9 Å². The van der Waals surface area contributed by atoms with Crippen LogP contribution in [0.2, 0.25) is 0 Å². The van der Waals surface area contributed by atoms with E-state index in [0.29, 0.717) is 12.3 Å². The fraction of sp³-hybridized carbons (Fsp3) is 0.900. The fourth-order valence-electron chi connectivity index (χ4n) is 3.01. The van der Waals surface area contributed by atoms with E-state index in [0.717, 1.165) is 19.5 Å². The van der Waals surface area contributed by atoms with Crippen LogP contribution < -0.4 is 11.1 Å². The molecule has 3 atom stereocenters. The number of fused-ring (bicyclic) bond motifs is 2. The molecule has 0 aromatic carbocycles. The van der Waals surface area contributed by atoms with Crippen LogP contribution in [0.5, 0.6) is 0 Å². The maximum absolute atomic E-state index is 11.1. The van der Waals surface area contributed by atoms with Gasteiger partial charge in [-0.1, -0.05) is 0 Å². The van der Waals surface area contributed by atoms with Crippen molar-refractivity contribution in [2.75, 3.05) is 26.7 Å². The zero-order chi connectivity index (χ0) is 10.2. The van der Waals surface area contributed by atoms with Gasteiger partial charge in [-0.25, -0.2) is 0 Å². The molecule has 2 fully saturated rings. The van der Waals surface area contributed by atoms with Gasteiger partial charge in [0.05, 0.1) is 0 Å². The van der Waals surface area contributed by atoms with Crippen molar-refractivity contribution in [3.05, 3.63) is 0 Å². The average molecular weight is 197 g/mol. The molecule has 0 spiro atoms. The Balaban J connectivity index is 2.13. The molecule has 0 saturated carbocycles. The van der Waals surface area contributed by atoms with Crippen LogP contribution in [0.25, 0.3) is 0 Å². The van der Waals surface area contributed by atoms with Crippen molar-refractivity contribution in [1.29, 1.82) is 0 Å². The quantitative estimate of drug-likeness (QED) is 0.644. The Morgan fingerprint density at radius 3 is 3.07 bits per heavy atom. The first-order valence-corrected chi connectivity index (χ1v) is 5.36. The van der Waals surface area contributed by atoms with Crippen molar-refractivity contribution in [3.63, 3.8) is 0 Å². The van der Waals surface area contributed by atoms with E-state index in [1.807, 2.05) is 7.05 Å². The molecular weight excluding hydrogens is 178 g/mol. The summed E-state index contributed by atoms with van der Waals surface area (Å²) >= 11 is 0. The Hall–Kier alpha value is -0.610. The predicted molar refractivity (Wildman–Crippen MR) is 54.8 cm³/mol. The summed E-state index contributed by atoms with van der Waals surface area (Å²) in [5, 5.41) is 3.35. The van der Waals surface area contributed by atoms with Crippen molar-refractivity contribution in [3.8, 4) is 0 Å². The summed E-state index contributed by atoms with van der Waals surface area (Å²) in [7, 11) is 1.96. The fourth-order valence-corrected chi connectivity index (χ4v) is 3.01. The molecule has 0 aliphatic carbocycles. The number of amides is 1. The number of nitrogens with one attached hydrogen (secondary N) is 1. The lowest BCUT2D eigenvalue weighted by molar-refractivity contribution is -0.120. The standard InChI is InChI=1S/C10H19N3O/c1-12-10(6-9(11)14)3-5-13-4-2-8(10)7-13/h8,12H,2-7H2,1H3,(H2,11,14). The van der Waals surface area contributed by atoms with Gasteiger partial charge >= 0.3 is 0 Å². The van der Waals surface area contributed by atoms with Gasteiger partial charge in [-0.15, -0.1) is 0 Å². The normalized spacial score (nSPS) is 41.2. The molecule has 0 radical (unpaired) electrons. The van der Waals surface area contributed by atoms with Crippen LogP contribution in [0, 0.1) is 5.92 Å². The molecule has 4 nitrogen and oxygen atoms in total. The molecule has 2 aliphatic rings. The summed E-state index contributed by atoms with van der Waals surface area (Å²) in [5.41, 5.74) is 5.31. The molecule has 4 heteroatoms. The summed E-state index contributed by atoms with van der Waals surface area (Å²) < 4.78 is 0. The third-order valence-electron chi connectivity index (χ3n) is 3.92. The second kappa shape index (κ2) is 3.51. The highest BCUT2D eigenvalue weighted by Crippen LogP contribution is 2.37. The molecule has 3 unspecified atom stereocenters. The van der Waals surface area contributed by atoms with Crippen LogP contribution in [0.1, 0.15) is 19.3 Å². The Morgan fingerprint density at radius 2 is 2.43 bits per heavy atom. The van der Waals surface area contributed by atoms with Crippen LogP contribution >= 0.6 is 0 Å². The largest absolute Gasteiger partial charge is 0.370 e. The highest BCUT2D eigenvalue weighted by atomic mass is 16.1. The monoisotopic (exact) mass is 197 g/mol. The molecule has 0 aromatic heterocycles. The van der Waals surface area contributed by atoms with E-state index >= 15 is 0 Å². The average Bonchev–Trinajstić information content (AvgIpc) is 2.55. The van der Waals surface area contributed by atoms with Gasteiger partial charge in [0.25, 0.3) is 0 Å². The first kappa shape index (κ1) is 9.93. The number of nitrogens with two attached hydrogens (primary N) is 1. The Bertz CT molecular complexity index is 244. The first-order chi connectivity index (χ1) is 6.66. The van der Waals surface area contributed by atoms with Gasteiger partial charge in [0.1, 0.15) is 0 Å². The van der Waals surface area contributed by atoms with Gasteiger partial charge in [-0.2, -0.15) is 0 Å². The molecule has 2 saturated heterocycles. The van der Waals surface area contributed by atoms with Crippen LogP contribution in [0.4, 0.5) is 0 Å². The van der Waals surface area contributed by atoms with Crippen molar-refractivity contribution in [2.24, 2.45) is 11.7 Å². The second-order valence-corrected chi connectivity index (χ2v) is 4.59. The van der Waals surface area contributed by atoms with E-state index in [4.69, 9.17) is 5.73 Å². The van der Waals surface area contributed by atoms with Crippen molar-refractivity contribution in [2.45, 2.75) is 24.8 Å². The molecule has 14 heavy (non-hydrogen) atoms. The smallest absolute Gasteiger partial charge is 0.219 e. The number of hydrogen-bond acceptors (Lipinski definition) is 3. The van der Waals surface area contributed by atoms with Gasteiger partial charge in [0.2, 0.25) is 5.91 Å². The van der Waals surface area contributed by atoms with Gasteiger partial charge in [0, 0.05) is 18.5 Å². The minimum atomic E-state index is -0.181. The lowest BCUT2D eigenvalue weighted by Gasteiger charge is -2.42.